The fourth-order valence-electron chi connectivity index (χ4n) is 2.46. The smallest absolute Gasteiger partial charge is 0.162 e. The van der Waals surface area contributed by atoms with Crippen LogP contribution in [0.5, 0.6) is 11.5 Å². The molecule has 2 aliphatic rings. The van der Waals surface area contributed by atoms with Gasteiger partial charge in [-0.15, -0.1) is 0 Å². The minimum atomic E-state index is 0.285. The molecule has 0 spiro atoms. The highest BCUT2D eigenvalue weighted by Gasteiger charge is 2.33. The second kappa shape index (κ2) is 3.44. The predicted octanol–water partition coefficient (Wildman–Crippen LogP) is 3.08. The van der Waals surface area contributed by atoms with Crippen LogP contribution in [0, 0.1) is 6.92 Å². The SMILES string of the molecule is Cc1ccc2c(c1)OC1CCCCC1O2. The van der Waals surface area contributed by atoms with Crippen molar-refractivity contribution in [3.05, 3.63) is 23.8 Å². The highest BCUT2D eigenvalue weighted by molar-refractivity contribution is 5.44. The summed E-state index contributed by atoms with van der Waals surface area (Å²) in [5.74, 6) is 1.85. The Labute approximate surface area is 90.2 Å². The number of ether oxygens (including phenoxy) is 2. The molecule has 0 radical (unpaired) electrons. The first-order valence-electron chi connectivity index (χ1n) is 5.77. The van der Waals surface area contributed by atoms with E-state index >= 15 is 0 Å². The summed E-state index contributed by atoms with van der Waals surface area (Å²) in [5.41, 5.74) is 1.23. The molecule has 2 atom stereocenters. The number of hydrogen-bond acceptors (Lipinski definition) is 2. The van der Waals surface area contributed by atoms with E-state index in [-0.39, 0.29) is 12.2 Å². The molecule has 1 aromatic carbocycles. The third-order valence-electron chi connectivity index (χ3n) is 3.30. The van der Waals surface area contributed by atoms with Gasteiger partial charge in [0.2, 0.25) is 0 Å². The van der Waals surface area contributed by atoms with Gasteiger partial charge in [-0.2, -0.15) is 0 Å². The molecule has 1 fully saturated rings. The van der Waals surface area contributed by atoms with Gasteiger partial charge in [0, 0.05) is 0 Å². The Balaban J connectivity index is 1.92. The quantitative estimate of drug-likeness (QED) is 0.646. The summed E-state index contributed by atoms with van der Waals surface area (Å²) >= 11 is 0. The summed E-state index contributed by atoms with van der Waals surface area (Å²) in [6.07, 6.45) is 5.38. The fraction of sp³-hybridized carbons (Fsp3) is 0.538. The van der Waals surface area contributed by atoms with Gasteiger partial charge < -0.3 is 9.47 Å². The van der Waals surface area contributed by atoms with Crippen molar-refractivity contribution in [2.24, 2.45) is 0 Å². The molecule has 3 rings (SSSR count). The van der Waals surface area contributed by atoms with Gasteiger partial charge in [0.15, 0.2) is 11.5 Å². The van der Waals surface area contributed by atoms with Crippen LogP contribution >= 0.6 is 0 Å². The second-order valence-electron chi connectivity index (χ2n) is 4.55. The maximum Gasteiger partial charge on any atom is 0.162 e. The number of hydrogen-bond donors (Lipinski definition) is 0. The van der Waals surface area contributed by atoms with Crippen LogP contribution in [0.2, 0.25) is 0 Å². The van der Waals surface area contributed by atoms with Gasteiger partial charge in [0.05, 0.1) is 0 Å². The van der Waals surface area contributed by atoms with Crippen molar-refractivity contribution >= 4 is 0 Å². The Morgan fingerprint density at radius 1 is 1.00 bits per heavy atom. The van der Waals surface area contributed by atoms with E-state index in [1.165, 1.54) is 18.4 Å². The number of benzene rings is 1. The second-order valence-corrected chi connectivity index (χ2v) is 4.55. The molecule has 0 amide bonds. The maximum absolute atomic E-state index is 5.99. The lowest BCUT2D eigenvalue weighted by atomic mass is 9.93. The highest BCUT2D eigenvalue weighted by atomic mass is 16.6. The Hall–Kier alpha value is -1.18. The number of fused-ring (bicyclic) bond motifs is 2. The summed E-state index contributed by atoms with van der Waals surface area (Å²) in [6.45, 7) is 2.08. The maximum atomic E-state index is 5.99. The van der Waals surface area contributed by atoms with E-state index in [1.54, 1.807) is 0 Å². The van der Waals surface area contributed by atoms with Gasteiger partial charge in [0.25, 0.3) is 0 Å². The van der Waals surface area contributed by atoms with E-state index in [2.05, 4.69) is 19.1 Å². The van der Waals surface area contributed by atoms with Crippen molar-refractivity contribution in [3.63, 3.8) is 0 Å². The zero-order valence-corrected chi connectivity index (χ0v) is 9.03. The van der Waals surface area contributed by atoms with Crippen LogP contribution in [-0.2, 0) is 0 Å². The molecular weight excluding hydrogens is 188 g/mol. The average molecular weight is 204 g/mol. The van der Waals surface area contributed by atoms with Gasteiger partial charge in [-0.3, -0.25) is 0 Å². The van der Waals surface area contributed by atoms with Crippen molar-refractivity contribution in [2.45, 2.75) is 44.8 Å². The van der Waals surface area contributed by atoms with Crippen LogP contribution in [0.1, 0.15) is 31.2 Å². The lowest BCUT2D eigenvalue weighted by Gasteiger charge is -2.37. The van der Waals surface area contributed by atoms with E-state index in [4.69, 9.17) is 9.47 Å². The molecule has 2 heteroatoms. The molecule has 15 heavy (non-hydrogen) atoms. The topological polar surface area (TPSA) is 18.5 Å². The standard InChI is InChI=1S/C13H16O2/c1-9-6-7-12-13(8-9)15-11-5-3-2-4-10(11)14-12/h6-8,10-11H,2-5H2,1H3. The Morgan fingerprint density at radius 3 is 2.40 bits per heavy atom. The molecule has 1 aliphatic carbocycles. The van der Waals surface area contributed by atoms with Crippen LogP contribution in [0.15, 0.2) is 18.2 Å². The van der Waals surface area contributed by atoms with Crippen LogP contribution in [0.25, 0.3) is 0 Å². The molecule has 80 valence electrons. The van der Waals surface area contributed by atoms with Crippen molar-refractivity contribution in [2.75, 3.05) is 0 Å². The molecule has 0 aromatic heterocycles. The summed E-state index contributed by atoms with van der Waals surface area (Å²) in [6, 6.07) is 6.17. The van der Waals surface area contributed by atoms with E-state index in [0.717, 1.165) is 24.3 Å². The first kappa shape index (κ1) is 9.08. The summed E-state index contributed by atoms with van der Waals surface area (Å²) in [4.78, 5) is 0. The van der Waals surface area contributed by atoms with Crippen molar-refractivity contribution in [1.82, 2.24) is 0 Å². The predicted molar refractivity (Wildman–Crippen MR) is 58.5 cm³/mol. The first-order chi connectivity index (χ1) is 7.33. The normalized spacial score (nSPS) is 28.3. The Morgan fingerprint density at radius 2 is 1.67 bits per heavy atom. The van der Waals surface area contributed by atoms with Gasteiger partial charge in [-0.25, -0.2) is 0 Å². The van der Waals surface area contributed by atoms with Gasteiger partial charge in [-0.05, 0) is 50.3 Å². The molecular formula is C13H16O2. The molecule has 1 saturated carbocycles. The van der Waals surface area contributed by atoms with Crippen LogP contribution in [0.4, 0.5) is 0 Å². The van der Waals surface area contributed by atoms with Crippen LogP contribution in [0.3, 0.4) is 0 Å². The third-order valence-corrected chi connectivity index (χ3v) is 3.30. The van der Waals surface area contributed by atoms with E-state index in [1.807, 2.05) is 6.07 Å². The Bertz CT molecular complexity index is 373. The largest absolute Gasteiger partial charge is 0.483 e. The molecule has 1 heterocycles. The average Bonchev–Trinajstić information content (AvgIpc) is 2.26. The van der Waals surface area contributed by atoms with Gasteiger partial charge in [0.1, 0.15) is 12.2 Å². The molecule has 0 N–H and O–H groups in total. The van der Waals surface area contributed by atoms with E-state index in [9.17, 15) is 0 Å². The minimum absolute atomic E-state index is 0.285. The summed E-state index contributed by atoms with van der Waals surface area (Å²) in [5, 5.41) is 0. The van der Waals surface area contributed by atoms with E-state index in [0.29, 0.717) is 0 Å². The van der Waals surface area contributed by atoms with Crippen LogP contribution < -0.4 is 9.47 Å². The third kappa shape index (κ3) is 1.58. The van der Waals surface area contributed by atoms with Crippen LogP contribution in [-0.4, -0.2) is 12.2 Å². The van der Waals surface area contributed by atoms with Crippen molar-refractivity contribution < 1.29 is 9.47 Å². The van der Waals surface area contributed by atoms with Gasteiger partial charge >= 0.3 is 0 Å². The molecule has 2 unspecified atom stereocenters. The lowest BCUT2D eigenvalue weighted by Crippen LogP contribution is -2.41. The van der Waals surface area contributed by atoms with Crippen molar-refractivity contribution in [3.8, 4) is 11.5 Å². The first-order valence-corrected chi connectivity index (χ1v) is 5.77. The zero-order valence-electron chi connectivity index (χ0n) is 9.03. The minimum Gasteiger partial charge on any atom is -0.483 e. The van der Waals surface area contributed by atoms with E-state index < -0.39 is 0 Å². The highest BCUT2D eigenvalue weighted by Crippen LogP contribution is 2.38. The zero-order chi connectivity index (χ0) is 10.3. The number of aryl methyl sites for hydroxylation is 1. The molecule has 1 aromatic rings. The Kier molecular flexibility index (Phi) is 2.08. The fourth-order valence-corrected chi connectivity index (χ4v) is 2.46. The summed E-state index contributed by atoms with van der Waals surface area (Å²) in [7, 11) is 0. The lowest BCUT2D eigenvalue weighted by molar-refractivity contribution is -0.00607. The summed E-state index contributed by atoms with van der Waals surface area (Å²) < 4.78 is 12.0. The molecule has 1 aliphatic heterocycles. The molecule has 2 nitrogen and oxygen atoms in total. The monoisotopic (exact) mass is 204 g/mol. The van der Waals surface area contributed by atoms with Crippen molar-refractivity contribution in [1.29, 1.82) is 0 Å². The number of rotatable bonds is 0. The molecule has 0 saturated heterocycles. The van der Waals surface area contributed by atoms with Gasteiger partial charge in [-0.1, -0.05) is 6.07 Å². The molecule has 0 bridgehead atoms.